The van der Waals surface area contributed by atoms with E-state index < -0.39 is 29.8 Å². The van der Waals surface area contributed by atoms with Crippen molar-refractivity contribution in [1.29, 1.82) is 0 Å². The highest BCUT2D eigenvalue weighted by Gasteiger charge is 2.36. The van der Waals surface area contributed by atoms with Gasteiger partial charge >= 0.3 is 5.97 Å². The van der Waals surface area contributed by atoms with Crippen LogP contribution in [0.1, 0.15) is 33.1 Å². The van der Waals surface area contributed by atoms with Gasteiger partial charge in [0, 0.05) is 12.5 Å². The minimum Gasteiger partial charge on any atom is -0.481 e. The average molecular weight is 256 g/mol. The molecule has 102 valence electrons. The first-order valence-corrected chi connectivity index (χ1v) is 6.18. The van der Waals surface area contributed by atoms with Crippen LogP contribution < -0.4 is 5.73 Å². The van der Waals surface area contributed by atoms with E-state index in [1.807, 2.05) is 0 Å². The van der Waals surface area contributed by atoms with E-state index in [0.717, 1.165) is 12.8 Å². The third kappa shape index (κ3) is 3.00. The Labute approximate surface area is 106 Å². The number of aliphatic carboxylic acids is 1. The molecule has 0 radical (unpaired) electrons. The van der Waals surface area contributed by atoms with Crippen molar-refractivity contribution in [2.45, 2.75) is 39.2 Å². The van der Waals surface area contributed by atoms with Gasteiger partial charge in [0.05, 0.1) is 5.92 Å². The molecule has 3 unspecified atom stereocenters. The number of primary amides is 1. The first-order valence-electron chi connectivity index (χ1n) is 6.18. The highest BCUT2D eigenvalue weighted by atomic mass is 16.4. The molecule has 1 rings (SSSR count). The first kappa shape index (κ1) is 14.5. The second-order valence-electron chi connectivity index (χ2n) is 4.86. The van der Waals surface area contributed by atoms with Gasteiger partial charge in [0.1, 0.15) is 6.04 Å². The molecule has 6 heteroatoms. The van der Waals surface area contributed by atoms with Crippen LogP contribution in [0.4, 0.5) is 0 Å². The van der Waals surface area contributed by atoms with Crippen LogP contribution in [0.2, 0.25) is 0 Å². The summed E-state index contributed by atoms with van der Waals surface area (Å²) in [5, 5.41) is 8.91. The molecule has 1 saturated heterocycles. The van der Waals surface area contributed by atoms with Gasteiger partial charge in [0.25, 0.3) is 0 Å². The molecule has 6 nitrogen and oxygen atoms in total. The van der Waals surface area contributed by atoms with Crippen LogP contribution in [0.3, 0.4) is 0 Å². The molecule has 3 N–H and O–H groups in total. The predicted molar refractivity (Wildman–Crippen MR) is 64.5 cm³/mol. The molecule has 1 fully saturated rings. The molecule has 2 amide bonds. The van der Waals surface area contributed by atoms with Gasteiger partial charge in [0.15, 0.2) is 0 Å². The van der Waals surface area contributed by atoms with Crippen LogP contribution in [-0.4, -0.2) is 40.4 Å². The highest BCUT2D eigenvalue weighted by Crippen LogP contribution is 2.22. The van der Waals surface area contributed by atoms with Gasteiger partial charge in [0.2, 0.25) is 11.8 Å². The van der Waals surface area contributed by atoms with Crippen LogP contribution >= 0.6 is 0 Å². The number of carboxylic acid groups (broad SMARTS) is 1. The number of hydrogen-bond donors (Lipinski definition) is 2. The van der Waals surface area contributed by atoms with Crippen molar-refractivity contribution in [1.82, 2.24) is 4.90 Å². The molecule has 0 aromatic rings. The third-order valence-corrected chi connectivity index (χ3v) is 3.64. The van der Waals surface area contributed by atoms with E-state index in [1.165, 1.54) is 11.8 Å². The summed E-state index contributed by atoms with van der Waals surface area (Å²) >= 11 is 0. The largest absolute Gasteiger partial charge is 0.481 e. The SMILES string of the molecule is CC(C(=O)O)C(C)C(=O)N1CCCCC1C(N)=O. The van der Waals surface area contributed by atoms with Gasteiger partial charge in [-0.05, 0) is 19.3 Å². The zero-order valence-corrected chi connectivity index (χ0v) is 10.8. The summed E-state index contributed by atoms with van der Waals surface area (Å²) in [6.45, 7) is 3.55. The molecule has 1 aliphatic heterocycles. The standard InChI is InChI=1S/C12H20N2O4/c1-7(8(2)12(17)18)11(16)14-6-4-3-5-9(14)10(13)15/h7-9H,3-6H2,1-2H3,(H2,13,15)(H,17,18). The maximum Gasteiger partial charge on any atom is 0.307 e. The Morgan fingerprint density at radius 2 is 1.83 bits per heavy atom. The van der Waals surface area contributed by atoms with E-state index in [0.29, 0.717) is 13.0 Å². The summed E-state index contributed by atoms with van der Waals surface area (Å²) in [5.41, 5.74) is 5.28. The normalized spacial score (nSPS) is 23.2. The number of nitrogens with two attached hydrogens (primary N) is 1. The fraction of sp³-hybridized carbons (Fsp3) is 0.750. The summed E-state index contributed by atoms with van der Waals surface area (Å²) < 4.78 is 0. The number of carboxylic acids is 1. The number of carbonyl (C=O) groups excluding carboxylic acids is 2. The molecule has 0 bridgehead atoms. The van der Waals surface area contributed by atoms with E-state index >= 15 is 0 Å². The Morgan fingerprint density at radius 1 is 1.22 bits per heavy atom. The monoisotopic (exact) mass is 256 g/mol. The highest BCUT2D eigenvalue weighted by molar-refractivity contribution is 5.89. The molecule has 0 saturated carbocycles. The van der Waals surface area contributed by atoms with Crippen molar-refractivity contribution in [2.75, 3.05) is 6.54 Å². The van der Waals surface area contributed by atoms with Gasteiger partial charge in [-0.3, -0.25) is 14.4 Å². The maximum absolute atomic E-state index is 12.2. The van der Waals surface area contributed by atoms with Gasteiger partial charge in [-0.25, -0.2) is 0 Å². The second kappa shape index (κ2) is 5.84. The summed E-state index contributed by atoms with van der Waals surface area (Å²) in [6, 6.07) is -0.588. The first-order chi connectivity index (χ1) is 8.36. The molecular weight excluding hydrogens is 236 g/mol. The Hall–Kier alpha value is -1.59. The predicted octanol–water partition coefficient (Wildman–Crippen LogP) is 0.210. The molecule has 3 atom stereocenters. The number of likely N-dealkylation sites (tertiary alicyclic amines) is 1. The topological polar surface area (TPSA) is 101 Å². The number of amides is 2. The Bertz CT molecular complexity index is 356. The Kier molecular flexibility index (Phi) is 4.69. The summed E-state index contributed by atoms with van der Waals surface area (Å²) in [4.78, 5) is 35.8. The molecule has 0 aromatic carbocycles. The third-order valence-electron chi connectivity index (χ3n) is 3.64. The van der Waals surface area contributed by atoms with Crippen LogP contribution in [0.15, 0.2) is 0 Å². The molecule has 18 heavy (non-hydrogen) atoms. The van der Waals surface area contributed by atoms with Crippen LogP contribution in [0, 0.1) is 11.8 Å². The molecular formula is C12H20N2O4. The van der Waals surface area contributed by atoms with Crippen molar-refractivity contribution >= 4 is 17.8 Å². The van der Waals surface area contributed by atoms with E-state index in [-0.39, 0.29) is 5.91 Å². The van der Waals surface area contributed by atoms with Crippen molar-refractivity contribution in [3.63, 3.8) is 0 Å². The lowest BCUT2D eigenvalue weighted by Crippen LogP contribution is -2.53. The molecule has 0 spiro atoms. The minimum absolute atomic E-state index is 0.298. The van der Waals surface area contributed by atoms with Crippen molar-refractivity contribution < 1.29 is 19.5 Å². The van der Waals surface area contributed by atoms with Crippen molar-refractivity contribution in [3.8, 4) is 0 Å². The number of rotatable bonds is 4. The fourth-order valence-corrected chi connectivity index (χ4v) is 2.18. The quantitative estimate of drug-likeness (QED) is 0.750. The van der Waals surface area contributed by atoms with E-state index in [1.54, 1.807) is 6.92 Å². The van der Waals surface area contributed by atoms with Gasteiger partial charge in [-0.15, -0.1) is 0 Å². The lowest BCUT2D eigenvalue weighted by Gasteiger charge is -2.36. The van der Waals surface area contributed by atoms with Crippen molar-refractivity contribution in [2.24, 2.45) is 17.6 Å². The van der Waals surface area contributed by atoms with Gasteiger partial charge in [-0.1, -0.05) is 13.8 Å². The molecule has 0 aliphatic carbocycles. The Balaban J connectivity index is 2.80. The number of carbonyl (C=O) groups is 3. The number of hydrogen-bond acceptors (Lipinski definition) is 3. The zero-order valence-electron chi connectivity index (χ0n) is 10.8. The van der Waals surface area contributed by atoms with Gasteiger partial charge in [-0.2, -0.15) is 0 Å². The number of piperidine rings is 1. The smallest absolute Gasteiger partial charge is 0.307 e. The lowest BCUT2D eigenvalue weighted by atomic mass is 9.92. The Morgan fingerprint density at radius 3 is 2.33 bits per heavy atom. The minimum atomic E-state index is -1.01. The molecule has 0 aromatic heterocycles. The molecule has 1 aliphatic rings. The fourth-order valence-electron chi connectivity index (χ4n) is 2.18. The maximum atomic E-state index is 12.2. The zero-order chi connectivity index (χ0) is 13.9. The van der Waals surface area contributed by atoms with Gasteiger partial charge < -0.3 is 15.7 Å². The van der Waals surface area contributed by atoms with Crippen LogP contribution in [0.5, 0.6) is 0 Å². The van der Waals surface area contributed by atoms with Crippen LogP contribution in [-0.2, 0) is 14.4 Å². The second-order valence-corrected chi connectivity index (χ2v) is 4.86. The van der Waals surface area contributed by atoms with E-state index in [9.17, 15) is 14.4 Å². The summed E-state index contributed by atoms with van der Waals surface area (Å²) in [5.74, 6) is -3.24. The molecule has 1 heterocycles. The number of nitrogens with zero attached hydrogens (tertiary/aromatic N) is 1. The van der Waals surface area contributed by atoms with E-state index in [4.69, 9.17) is 10.8 Å². The lowest BCUT2D eigenvalue weighted by molar-refractivity contribution is -0.152. The summed E-state index contributed by atoms with van der Waals surface area (Å²) in [6.07, 6.45) is 2.25. The summed E-state index contributed by atoms with van der Waals surface area (Å²) in [7, 11) is 0. The van der Waals surface area contributed by atoms with Crippen LogP contribution in [0.25, 0.3) is 0 Å². The average Bonchev–Trinajstić information content (AvgIpc) is 2.35. The van der Waals surface area contributed by atoms with Crippen molar-refractivity contribution in [3.05, 3.63) is 0 Å². The van der Waals surface area contributed by atoms with E-state index in [2.05, 4.69) is 0 Å².